The number of alkyl halides is 3. The highest BCUT2D eigenvalue weighted by atomic mass is 19.4. The van der Waals surface area contributed by atoms with Gasteiger partial charge in [0.2, 0.25) is 17.6 Å². The van der Waals surface area contributed by atoms with Gasteiger partial charge in [0.25, 0.3) is 0 Å². The lowest BCUT2D eigenvalue weighted by Gasteiger charge is -2.21. The third-order valence-corrected chi connectivity index (χ3v) is 4.23. The zero-order valence-corrected chi connectivity index (χ0v) is 18.8. The lowest BCUT2D eigenvalue weighted by Crippen LogP contribution is -2.44. The molecule has 0 radical (unpaired) electrons. The number of ether oxygens (including phenoxy) is 2. The van der Waals surface area contributed by atoms with Crippen molar-refractivity contribution in [3.8, 4) is 23.0 Å². The van der Waals surface area contributed by atoms with E-state index < -0.39 is 35.4 Å². The highest BCUT2D eigenvalue weighted by Gasteiger charge is 2.31. The number of nitrogens with one attached hydrogen (secondary N) is 1. The summed E-state index contributed by atoms with van der Waals surface area (Å²) >= 11 is 0. The maximum absolute atomic E-state index is 12.6. The largest absolute Gasteiger partial charge is 0.480 e. The molecule has 0 bridgehead atoms. The first-order valence-corrected chi connectivity index (χ1v) is 10.2. The molecule has 3 aromatic rings. The summed E-state index contributed by atoms with van der Waals surface area (Å²) in [5.74, 6) is -0.908. The molecule has 186 valence electrons. The first-order chi connectivity index (χ1) is 16.3. The van der Waals surface area contributed by atoms with Crippen molar-refractivity contribution in [1.82, 2.24) is 20.4 Å². The van der Waals surface area contributed by atoms with Crippen LogP contribution in [0.4, 0.5) is 18.0 Å². The Morgan fingerprint density at radius 1 is 1.11 bits per heavy atom. The van der Waals surface area contributed by atoms with Crippen molar-refractivity contribution < 1.29 is 41.9 Å². The predicted octanol–water partition coefficient (Wildman–Crippen LogP) is 4.46. The Labute approximate surface area is 197 Å². The van der Waals surface area contributed by atoms with Crippen LogP contribution in [0.15, 0.2) is 47.1 Å². The number of benzene rings is 1. The van der Waals surface area contributed by atoms with Crippen molar-refractivity contribution in [2.75, 3.05) is 0 Å². The van der Waals surface area contributed by atoms with Gasteiger partial charge in [-0.2, -0.15) is 18.2 Å². The van der Waals surface area contributed by atoms with E-state index in [9.17, 15) is 27.9 Å². The Morgan fingerprint density at radius 2 is 1.80 bits per heavy atom. The normalized spacial score (nSPS) is 12.6. The number of carboxylic acids is 1. The van der Waals surface area contributed by atoms with Crippen LogP contribution in [0.3, 0.4) is 0 Å². The lowest BCUT2D eigenvalue weighted by atomic mass is 10.2. The smallest absolute Gasteiger partial charge is 0.417 e. The minimum atomic E-state index is -4.49. The van der Waals surface area contributed by atoms with Crippen LogP contribution in [-0.2, 0) is 22.1 Å². The molecule has 0 aliphatic rings. The number of carboxylic acid groups (broad SMARTS) is 1. The van der Waals surface area contributed by atoms with Gasteiger partial charge in [0.05, 0.1) is 12.0 Å². The number of aliphatic carboxylic acids is 1. The van der Waals surface area contributed by atoms with Crippen LogP contribution >= 0.6 is 0 Å². The number of nitrogens with zero attached hydrogens (tertiary/aromatic N) is 3. The molecule has 0 unspecified atom stereocenters. The molecule has 0 aliphatic carbocycles. The number of hydrogen-bond acceptors (Lipinski definition) is 8. The fraction of sp³-hybridized carbons (Fsp3) is 0.318. The van der Waals surface area contributed by atoms with Gasteiger partial charge >= 0.3 is 18.2 Å². The lowest BCUT2D eigenvalue weighted by molar-refractivity contribution is -0.139. The first-order valence-electron chi connectivity index (χ1n) is 10.2. The zero-order valence-electron chi connectivity index (χ0n) is 18.8. The number of carbonyl (C=O) groups is 2. The maximum atomic E-state index is 12.6. The summed E-state index contributed by atoms with van der Waals surface area (Å²) < 4.78 is 53.5. The van der Waals surface area contributed by atoms with E-state index in [-0.39, 0.29) is 24.0 Å². The standard InChI is InChI=1S/C22H21F3N4O6/c1-21(2,3)34-20(32)27-15(19(30)31)10-17-28-18(29-35-17)12-4-7-14(8-5-12)33-16-9-6-13(11-26-16)22(23,24)25/h4-9,11,15H,10H2,1-3H3,(H,27,32)(H,30,31)/t15-/m0/s1. The van der Waals surface area contributed by atoms with E-state index in [0.29, 0.717) is 17.5 Å². The van der Waals surface area contributed by atoms with Crippen molar-refractivity contribution in [3.63, 3.8) is 0 Å². The van der Waals surface area contributed by atoms with E-state index in [0.717, 1.165) is 12.1 Å². The Hall–Kier alpha value is -4.16. The Morgan fingerprint density at radius 3 is 2.34 bits per heavy atom. The molecule has 0 saturated heterocycles. The first kappa shape index (κ1) is 25.5. The number of aromatic nitrogens is 3. The monoisotopic (exact) mass is 494 g/mol. The minimum absolute atomic E-state index is 0.0233. The summed E-state index contributed by atoms with van der Waals surface area (Å²) in [6, 6.07) is 6.80. The molecule has 10 nitrogen and oxygen atoms in total. The summed E-state index contributed by atoms with van der Waals surface area (Å²) in [6.45, 7) is 4.93. The van der Waals surface area contributed by atoms with Gasteiger partial charge < -0.3 is 24.4 Å². The van der Waals surface area contributed by atoms with Crippen LogP contribution in [0.5, 0.6) is 11.6 Å². The molecular formula is C22H21F3N4O6. The van der Waals surface area contributed by atoms with Crippen molar-refractivity contribution in [3.05, 3.63) is 54.0 Å². The number of halogens is 3. The summed E-state index contributed by atoms with van der Waals surface area (Å²) in [5, 5.41) is 15.4. The van der Waals surface area contributed by atoms with E-state index in [2.05, 4.69) is 20.4 Å². The third-order valence-electron chi connectivity index (χ3n) is 4.23. The van der Waals surface area contributed by atoms with Gasteiger partial charge in [-0.15, -0.1) is 0 Å². The molecule has 2 aromatic heterocycles. The highest BCUT2D eigenvalue weighted by molar-refractivity contribution is 5.80. The molecule has 1 amide bonds. The summed E-state index contributed by atoms with van der Waals surface area (Å²) in [4.78, 5) is 31.2. The van der Waals surface area contributed by atoms with E-state index in [1.807, 2.05) is 0 Å². The van der Waals surface area contributed by atoms with Gasteiger partial charge in [-0.05, 0) is 51.1 Å². The van der Waals surface area contributed by atoms with Gasteiger partial charge in [0.15, 0.2) is 0 Å². The number of rotatable bonds is 7. The second-order valence-electron chi connectivity index (χ2n) is 8.26. The third kappa shape index (κ3) is 7.42. The number of hydrogen-bond donors (Lipinski definition) is 2. The number of pyridine rings is 1. The molecule has 35 heavy (non-hydrogen) atoms. The number of alkyl carbamates (subject to hydrolysis) is 1. The van der Waals surface area contributed by atoms with Gasteiger partial charge in [-0.3, -0.25) is 0 Å². The second kappa shape index (κ2) is 9.99. The maximum Gasteiger partial charge on any atom is 0.417 e. The van der Waals surface area contributed by atoms with E-state index >= 15 is 0 Å². The van der Waals surface area contributed by atoms with E-state index in [4.69, 9.17) is 14.0 Å². The molecule has 1 aromatic carbocycles. The van der Waals surface area contributed by atoms with Gasteiger partial charge in [0, 0.05) is 17.8 Å². The molecule has 0 saturated carbocycles. The molecule has 3 rings (SSSR count). The van der Waals surface area contributed by atoms with E-state index in [1.54, 1.807) is 32.9 Å². The number of amides is 1. The minimum Gasteiger partial charge on any atom is -0.480 e. The van der Waals surface area contributed by atoms with Crippen LogP contribution in [0, 0.1) is 0 Å². The summed E-state index contributed by atoms with van der Waals surface area (Å²) in [7, 11) is 0. The summed E-state index contributed by atoms with van der Waals surface area (Å²) in [6.07, 6.45) is -5.00. The fourth-order valence-corrected chi connectivity index (χ4v) is 2.68. The van der Waals surface area contributed by atoms with Crippen molar-refractivity contribution in [1.29, 1.82) is 0 Å². The Kier molecular flexibility index (Phi) is 7.27. The highest BCUT2D eigenvalue weighted by Crippen LogP contribution is 2.30. The molecule has 0 spiro atoms. The van der Waals surface area contributed by atoms with Crippen molar-refractivity contribution >= 4 is 12.1 Å². The molecule has 2 heterocycles. The number of carbonyl (C=O) groups excluding carboxylic acids is 1. The molecule has 13 heteroatoms. The molecule has 1 atom stereocenters. The quantitative estimate of drug-likeness (QED) is 0.488. The van der Waals surface area contributed by atoms with Crippen molar-refractivity contribution in [2.24, 2.45) is 0 Å². The summed E-state index contributed by atoms with van der Waals surface area (Å²) in [5.41, 5.74) is -1.19. The molecule has 2 N–H and O–H groups in total. The van der Waals surface area contributed by atoms with Gasteiger partial charge in [0.1, 0.15) is 17.4 Å². The van der Waals surface area contributed by atoms with Crippen molar-refractivity contribution in [2.45, 2.75) is 45.0 Å². The zero-order chi connectivity index (χ0) is 25.8. The molecular weight excluding hydrogens is 473 g/mol. The SMILES string of the molecule is CC(C)(C)OC(=O)N[C@@H](Cc1nc(-c2ccc(Oc3ccc(C(F)(F)F)cn3)cc2)no1)C(=O)O. The van der Waals surface area contributed by atoms with Crippen LogP contribution in [0.25, 0.3) is 11.4 Å². The van der Waals surface area contributed by atoms with Crippen LogP contribution in [-0.4, -0.2) is 43.9 Å². The molecule has 0 fully saturated rings. The van der Waals surface area contributed by atoms with Gasteiger partial charge in [-0.25, -0.2) is 14.6 Å². The molecule has 0 aliphatic heterocycles. The predicted molar refractivity (Wildman–Crippen MR) is 114 cm³/mol. The van der Waals surface area contributed by atoms with Crippen LogP contribution in [0.2, 0.25) is 0 Å². The Bertz CT molecular complexity index is 1170. The average molecular weight is 494 g/mol. The second-order valence-corrected chi connectivity index (χ2v) is 8.26. The van der Waals surface area contributed by atoms with E-state index in [1.165, 1.54) is 12.1 Å². The fourth-order valence-electron chi connectivity index (χ4n) is 2.68. The van der Waals surface area contributed by atoms with Crippen LogP contribution in [0.1, 0.15) is 32.2 Å². The van der Waals surface area contributed by atoms with Crippen LogP contribution < -0.4 is 10.1 Å². The average Bonchev–Trinajstić information content (AvgIpc) is 3.21. The van der Waals surface area contributed by atoms with Gasteiger partial charge in [-0.1, -0.05) is 5.16 Å². The Balaban J connectivity index is 1.63. The topological polar surface area (TPSA) is 137 Å².